The molecule has 2 aliphatic rings. The van der Waals surface area contributed by atoms with Gasteiger partial charge in [0.2, 0.25) is 10.0 Å². The van der Waals surface area contributed by atoms with Crippen LogP contribution < -0.4 is 0 Å². The third kappa shape index (κ3) is 3.51. The number of ether oxygens (including phenoxy) is 1. The lowest BCUT2D eigenvalue weighted by Gasteiger charge is -2.43. The molecule has 7 heteroatoms. The van der Waals surface area contributed by atoms with Gasteiger partial charge in [-0.3, -0.25) is 0 Å². The minimum absolute atomic E-state index is 0.206. The fraction of sp³-hybridized carbons (Fsp3) is 0.500. The third-order valence-corrected chi connectivity index (χ3v) is 7.54. The highest BCUT2D eigenvalue weighted by Gasteiger charge is 2.44. The number of hydrogen-bond acceptors (Lipinski definition) is 5. The van der Waals surface area contributed by atoms with E-state index >= 15 is 0 Å². The molecule has 0 radical (unpaired) electrons. The maximum absolute atomic E-state index is 12.4. The van der Waals surface area contributed by atoms with E-state index in [0.29, 0.717) is 44.8 Å². The van der Waals surface area contributed by atoms with Crippen LogP contribution in [-0.2, 0) is 26.8 Å². The summed E-state index contributed by atoms with van der Waals surface area (Å²) >= 11 is 0. The number of nitrogens with zero attached hydrogens (tertiary/aromatic N) is 3. The predicted octanol–water partition coefficient (Wildman–Crippen LogP) is 2.75. The number of fused-ring (bicyclic) bond motifs is 2. The van der Waals surface area contributed by atoms with Crippen LogP contribution in [0.15, 0.2) is 36.5 Å². The molecule has 0 amide bonds. The molecule has 0 N–H and O–H groups in total. The Morgan fingerprint density at radius 3 is 2.63 bits per heavy atom. The van der Waals surface area contributed by atoms with E-state index in [0.717, 1.165) is 23.2 Å². The van der Waals surface area contributed by atoms with Gasteiger partial charge < -0.3 is 4.74 Å². The van der Waals surface area contributed by atoms with E-state index in [4.69, 9.17) is 9.72 Å². The van der Waals surface area contributed by atoms with Crippen LogP contribution in [0.5, 0.6) is 0 Å². The average Bonchev–Trinajstić information content (AvgIpc) is 2.69. The Morgan fingerprint density at radius 1 is 1.19 bits per heavy atom. The first-order valence-electron chi connectivity index (χ1n) is 9.58. The third-order valence-electron chi connectivity index (χ3n) is 5.46. The molecule has 27 heavy (non-hydrogen) atoms. The molecule has 1 spiro atoms. The Morgan fingerprint density at radius 2 is 1.93 bits per heavy atom. The van der Waals surface area contributed by atoms with Gasteiger partial charge in [-0.15, -0.1) is 0 Å². The molecular weight excluding hydrogens is 362 g/mol. The number of benzene rings is 1. The molecule has 1 aromatic heterocycles. The normalized spacial score (nSPS) is 19.7. The maximum Gasteiger partial charge on any atom is 0.214 e. The summed E-state index contributed by atoms with van der Waals surface area (Å²) in [6.45, 7) is 3.48. The van der Waals surface area contributed by atoms with E-state index in [1.165, 1.54) is 0 Å². The van der Waals surface area contributed by atoms with Gasteiger partial charge in [-0.2, -0.15) is 0 Å². The van der Waals surface area contributed by atoms with Crippen LogP contribution in [0.1, 0.15) is 37.4 Å². The van der Waals surface area contributed by atoms with Crippen molar-refractivity contribution in [1.29, 1.82) is 0 Å². The number of hydrogen-bond donors (Lipinski definition) is 0. The Bertz CT molecular complexity index is 907. The van der Waals surface area contributed by atoms with Gasteiger partial charge in [0, 0.05) is 24.8 Å². The van der Waals surface area contributed by atoms with Crippen LogP contribution in [0.2, 0.25) is 0 Å². The summed E-state index contributed by atoms with van der Waals surface area (Å²) in [5.74, 6) is 0.901. The zero-order chi connectivity index (χ0) is 18.9. The van der Waals surface area contributed by atoms with Gasteiger partial charge in [-0.05, 0) is 31.2 Å². The first-order chi connectivity index (χ1) is 13.0. The first-order valence-corrected chi connectivity index (χ1v) is 11.2. The van der Waals surface area contributed by atoms with Crippen molar-refractivity contribution in [1.82, 2.24) is 14.3 Å². The molecule has 6 nitrogen and oxygen atoms in total. The molecule has 0 unspecified atom stereocenters. The molecule has 0 saturated carbocycles. The molecule has 1 aromatic carbocycles. The minimum Gasteiger partial charge on any atom is -0.368 e. The number of sulfonamides is 1. The summed E-state index contributed by atoms with van der Waals surface area (Å²) in [6, 6.07) is 9.91. The van der Waals surface area contributed by atoms with Crippen molar-refractivity contribution in [2.24, 2.45) is 0 Å². The first kappa shape index (κ1) is 18.5. The highest BCUT2D eigenvalue weighted by atomic mass is 32.2. The van der Waals surface area contributed by atoms with Crippen LogP contribution in [0.25, 0.3) is 11.4 Å². The van der Waals surface area contributed by atoms with Gasteiger partial charge >= 0.3 is 0 Å². The van der Waals surface area contributed by atoms with Crippen LogP contribution in [0, 0.1) is 0 Å². The Kier molecular flexibility index (Phi) is 5.01. The van der Waals surface area contributed by atoms with Crippen LogP contribution in [-0.4, -0.2) is 48.1 Å². The molecule has 2 aromatic rings. The molecule has 0 aliphatic carbocycles. The summed E-state index contributed by atoms with van der Waals surface area (Å²) in [4.78, 5) is 9.43. The van der Waals surface area contributed by atoms with Crippen molar-refractivity contribution >= 4 is 10.0 Å². The summed E-state index contributed by atoms with van der Waals surface area (Å²) in [5, 5.41) is 0. The van der Waals surface area contributed by atoms with Crippen molar-refractivity contribution in [2.75, 3.05) is 25.4 Å². The number of aromatic nitrogens is 2. The van der Waals surface area contributed by atoms with Crippen molar-refractivity contribution in [2.45, 2.75) is 38.2 Å². The van der Waals surface area contributed by atoms with E-state index in [2.05, 4.69) is 4.98 Å². The monoisotopic (exact) mass is 387 g/mol. The van der Waals surface area contributed by atoms with Gasteiger partial charge in [0.25, 0.3) is 0 Å². The largest absolute Gasteiger partial charge is 0.368 e. The molecule has 144 valence electrons. The maximum atomic E-state index is 12.4. The fourth-order valence-electron chi connectivity index (χ4n) is 4.03. The van der Waals surface area contributed by atoms with E-state index in [1.807, 2.05) is 43.5 Å². The Hall–Kier alpha value is -1.83. The lowest BCUT2D eigenvalue weighted by atomic mass is 9.84. The standard InChI is InChI=1S/C20H25N3O3S/c1-2-14-27(24,25)23-11-9-20(10-12-23)18-17(8-13-26-20)15-21-19(22-18)16-6-4-3-5-7-16/h3-7,15H,2,8-14H2,1H3. The molecule has 0 atom stereocenters. The van der Waals surface area contributed by atoms with E-state index in [9.17, 15) is 8.42 Å². The minimum atomic E-state index is -3.17. The van der Waals surface area contributed by atoms with Crippen molar-refractivity contribution in [3.63, 3.8) is 0 Å². The lowest BCUT2D eigenvalue weighted by molar-refractivity contribution is -0.0924. The number of rotatable bonds is 4. The van der Waals surface area contributed by atoms with Gasteiger partial charge in [0.15, 0.2) is 5.82 Å². The second kappa shape index (κ2) is 7.30. The van der Waals surface area contributed by atoms with Crippen molar-refractivity contribution in [3.8, 4) is 11.4 Å². The van der Waals surface area contributed by atoms with E-state index in [1.54, 1.807) is 4.31 Å². The zero-order valence-corrected chi connectivity index (χ0v) is 16.4. The van der Waals surface area contributed by atoms with E-state index < -0.39 is 15.6 Å². The molecular formula is C20H25N3O3S. The fourth-order valence-corrected chi connectivity index (χ4v) is 5.54. The Balaban J connectivity index is 1.64. The van der Waals surface area contributed by atoms with Crippen molar-refractivity contribution < 1.29 is 13.2 Å². The molecule has 1 saturated heterocycles. The Labute approximate surface area is 160 Å². The molecule has 2 aliphatic heterocycles. The van der Waals surface area contributed by atoms with Crippen LogP contribution >= 0.6 is 0 Å². The van der Waals surface area contributed by atoms with Gasteiger partial charge in [-0.1, -0.05) is 37.3 Å². The van der Waals surface area contributed by atoms with Crippen LogP contribution in [0.4, 0.5) is 0 Å². The highest BCUT2D eigenvalue weighted by Crippen LogP contribution is 2.41. The van der Waals surface area contributed by atoms with Gasteiger partial charge in [0.1, 0.15) is 5.60 Å². The predicted molar refractivity (Wildman–Crippen MR) is 104 cm³/mol. The highest BCUT2D eigenvalue weighted by molar-refractivity contribution is 7.89. The summed E-state index contributed by atoms with van der Waals surface area (Å²) < 4.78 is 32.6. The molecule has 0 bridgehead atoms. The summed E-state index contributed by atoms with van der Waals surface area (Å²) in [6.07, 6.45) is 4.61. The van der Waals surface area contributed by atoms with E-state index in [-0.39, 0.29) is 5.75 Å². The molecule has 4 rings (SSSR count). The second-order valence-corrected chi connectivity index (χ2v) is 9.33. The number of piperidine rings is 1. The topological polar surface area (TPSA) is 72.4 Å². The quantitative estimate of drug-likeness (QED) is 0.807. The molecule has 1 fully saturated rings. The smallest absolute Gasteiger partial charge is 0.214 e. The van der Waals surface area contributed by atoms with Crippen LogP contribution in [0.3, 0.4) is 0 Å². The van der Waals surface area contributed by atoms with Gasteiger partial charge in [-0.25, -0.2) is 22.7 Å². The molecule has 3 heterocycles. The summed E-state index contributed by atoms with van der Waals surface area (Å²) in [5.41, 5.74) is 2.53. The van der Waals surface area contributed by atoms with Crippen molar-refractivity contribution in [3.05, 3.63) is 47.8 Å². The summed E-state index contributed by atoms with van der Waals surface area (Å²) in [7, 11) is -3.17. The zero-order valence-electron chi connectivity index (χ0n) is 15.6. The SMILES string of the molecule is CCCS(=O)(=O)N1CCC2(CC1)OCCc1cnc(-c3ccccc3)nc12. The average molecular weight is 388 g/mol. The second-order valence-electron chi connectivity index (χ2n) is 7.24. The van der Waals surface area contributed by atoms with Gasteiger partial charge in [0.05, 0.1) is 18.1 Å². The lowest BCUT2D eigenvalue weighted by Crippen LogP contribution is -2.49.